The van der Waals surface area contributed by atoms with Crippen LogP contribution in [0.25, 0.3) is 0 Å². The first kappa shape index (κ1) is 26.1. The molecule has 1 aromatic heterocycles. The molecule has 0 spiro atoms. The Morgan fingerprint density at radius 3 is 2.26 bits per heavy atom. The summed E-state index contributed by atoms with van der Waals surface area (Å²) < 4.78 is 79.6. The second-order valence-electron chi connectivity index (χ2n) is 7.69. The van der Waals surface area contributed by atoms with Crippen LogP contribution in [0.3, 0.4) is 0 Å². The molecule has 0 aliphatic heterocycles. The predicted molar refractivity (Wildman–Crippen MR) is 113 cm³/mol. The summed E-state index contributed by atoms with van der Waals surface area (Å²) in [6, 6.07) is 0.840. The Morgan fingerprint density at radius 1 is 1.06 bits per heavy atom. The number of alkyl halides is 6. The molecule has 1 aliphatic rings. The van der Waals surface area contributed by atoms with Gasteiger partial charge in [0.05, 0.1) is 16.9 Å². The van der Waals surface area contributed by atoms with Gasteiger partial charge in [-0.15, -0.1) is 0 Å². The van der Waals surface area contributed by atoms with Gasteiger partial charge >= 0.3 is 18.0 Å². The summed E-state index contributed by atoms with van der Waals surface area (Å²) in [7, 11) is 0. The Balaban J connectivity index is 1.79. The van der Waals surface area contributed by atoms with Gasteiger partial charge in [0.15, 0.2) is 0 Å². The highest BCUT2D eigenvalue weighted by molar-refractivity contribution is 8.00. The van der Waals surface area contributed by atoms with Crippen LogP contribution in [0, 0.1) is 0 Å². The molecule has 3 rings (SSSR count). The Kier molecular flexibility index (Phi) is 7.96. The average molecular weight is 509 g/mol. The van der Waals surface area contributed by atoms with Crippen molar-refractivity contribution in [3.05, 3.63) is 51.1 Å². The SMILES string of the molecule is O=C(CSc1nc(=O)n(CCCO)c2c1CCCC2)Nc1cc(C(F)(F)F)cc(C(F)(F)F)c1. The van der Waals surface area contributed by atoms with Crippen LogP contribution in [0.15, 0.2) is 28.0 Å². The molecular weight excluding hydrogens is 488 g/mol. The lowest BCUT2D eigenvalue weighted by Crippen LogP contribution is -2.30. The predicted octanol–water partition coefficient (Wildman–Crippen LogP) is 4.27. The van der Waals surface area contributed by atoms with Gasteiger partial charge in [0, 0.05) is 30.1 Å². The Labute approximate surface area is 194 Å². The van der Waals surface area contributed by atoms with Crippen molar-refractivity contribution in [3.63, 3.8) is 0 Å². The van der Waals surface area contributed by atoms with E-state index >= 15 is 0 Å². The van der Waals surface area contributed by atoms with Gasteiger partial charge in [0.2, 0.25) is 5.91 Å². The summed E-state index contributed by atoms with van der Waals surface area (Å²) in [5.41, 5.74) is -2.68. The highest BCUT2D eigenvalue weighted by Gasteiger charge is 2.37. The van der Waals surface area contributed by atoms with E-state index in [1.54, 1.807) is 0 Å². The van der Waals surface area contributed by atoms with Gasteiger partial charge in [-0.1, -0.05) is 11.8 Å². The van der Waals surface area contributed by atoms with E-state index in [0.29, 0.717) is 43.0 Å². The number of carbonyl (C=O) groups is 1. The molecule has 0 radical (unpaired) electrons. The Morgan fingerprint density at radius 2 is 1.68 bits per heavy atom. The van der Waals surface area contributed by atoms with Gasteiger partial charge in [-0.2, -0.15) is 31.3 Å². The van der Waals surface area contributed by atoms with Crippen molar-refractivity contribution in [3.8, 4) is 0 Å². The minimum atomic E-state index is -5.03. The molecule has 1 heterocycles. The molecule has 1 aliphatic carbocycles. The van der Waals surface area contributed by atoms with Crippen LogP contribution in [0.5, 0.6) is 0 Å². The third kappa shape index (κ3) is 6.32. The van der Waals surface area contributed by atoms with Crippen molar-refractivity contribution in [1.29, 1.82) is 0 Å². The number of fused-ring (bicyclic) bond motifs is 1. The van der Waals surface area contributed by atoms with Gasteiger partial charge in [-0.25, -0.2) is 4.79 Å². The van der Waals surface area contributed by atoms with E-state index in [1.807, 2.05) is 0 Å². The lowest BCUT2D eigenvalue weighted by molar-refractivity contribution is -0.143. The number of aliphatic hydroxyl groups excluding tert-OH is 1. The van der Waals surface area contributed by atoms with Crippen molar-refractivity contribution in [2.75, 3.05) is 17.7 Å². The highest BCUT2D eigenvalue weighted by Crippen LogP contribution is 2.37. The van der Waals surface area contributed by atoms with E-state index in [1.165, 1.54) is 4.57 Å². The highest BCUT2D eigenvalue weighted by atomic mass is 32.2. The molecule has 13 heteroatoms. The topological polar surface area (TPSA) is 84.2 Å². The Bertz CT molecular complexity index is 1080. The molecular formula is C21H21F6N3O3S. The fourth-order valence-electron chi connectivity index (χ4n) is 3.68. The number of aromatic nitrogens is 2. The molecule has 1 amide bonds. The van der Waals surface area contributed by atoms with Gasteiger partial charge in [-0.05, 0) is 50.3 Å². The number of rotatable bonds is 7. The van der Waals surface area contributed by atoms with Gasteiger partial charge < -0.3 is 10.4 Å². The van der Waals surface area contributed by atoms with Crippen molar-refractivity contribution in [2.45, 2.75) is 56.0 Å². The number of thioether (sulfide) groups is 1. The van der Waals surface area contributed by atoms with Crippen LogP contribution in [-0.2, 0) is 36.5 Å². The molecule has 0 atom stereocenters. The number of amides is 1. The number of anilines is 1. The molecule has 34 heavy (non-hydrogen) atoms. The van der Waals surface area contributed by atoms with E-state index in [9.17, 15) is 35.9 Å². The van der Waals surface area contributed by atoms with Crippen LogP contribution in [0.4, 0.5) is 32.0 Å². The number of hydrogen-bond acceptors (Lipinski definition) is 5. The molecule has 0 unspecified atom stereocenters. The normalized spacial score (nSPS) is 14.1. The zero-order chi connectivity index (χ0) is 25.1. The first-order valence-corrected chi connectivity index (χ1v) is 11.3. The molecule has 2 N–H and O–H groups in total. The summed E-state index contributed by atoms with van der Waals surface area (Å²) in [6.07, 6.45) is -6.73. The fraction of sp³-hybridized carbons (Fsp3) is 0.476. The summed E-state index contributed by atoms with van der Waals surface area (Å²) in [5, 5.41) is 11.4. The second kappa shape index (κ2) is 10.4. The maximum Gasteiger partial charge on any atom is 0.416 e. The van der Waals surface area contributed by atoms with Crippen molar-refractivity contribution in [1.82, 2.24) is 9.55 Å². The number of aliphatic hydroxyl groups is 1. The van der Waals surface area contributed by atoms with Crippen LogP contribution in [0.2, 0.25) is 0 Å². The monoisotopic (exact) mass is 509 g/mol. The Hall–Kier alpha value is -2.54. The molecule has 0 saturated carbocycles. The van der Waals surface area contributed by atoms with E-state index in [0.717, 1.165) is 35.9 Å². The number of hydrogen-bond donors (Lipinski definition) is 2. The van der Waals surface area contributed by atoms with E-state index in [-0.39, 0.29) is 18.4 Å². The van der Waals surface area contributed by atoms with Crippen molar-refractivity contribution >= 4 is 23.4 Å². The third-order valence-corrected chi connectivity index (χ3v) is 6.22. The number of carbonyl (C=O) groups excluding carboxylic acids is 1. The number of nitrogens with zero attached hydrogens (tertiary/aromatic N) is 2. The maximum absolute atomic E-state index is 13.0. The van der Waals surface area contributed by atoms with E-state index in [2.05, 4.69) is 10.3 Å². The average Bonchev–Trinajstić information content (AvgIpc) is 2.75. The maximum atomic E-state index is 13.0. The first-order valence-electron chi connectivity index (χ1n) is 10.4. The fourth-order valence-corrected chi connectivity index (χ4v) is 4.56. The van der Waals surface area contributed by atoms with E-state index < -0.39 is 40.8 Å². The van der Waals surface area contributed by atoms with Gasteiger partial charge in [0.25, 0.3) is 0 Å². The lowest BCUT2D eigenvalue weighted by atomic mass is 9.97. The molecule has 0 saturated heterocycles. The summed E-state index contributed by atoms with van der Waals surface area (Å²) in [5.74, 6) is -1.20. The zero-order valence-corrected chi connectivity index (χ0v) is 18.5. The lowest BCUT2D eigenvalue weighted by Gasteiger charge is -2.22. The van der Waals surface area contributed by atoms with Crippen LogP contribution in [-0.4, -0.2) is 32.9 Å². The number of halogens is 6. The minimum absolute atomic E-state index is 0.0214. The smallest absolute Gasteiger partial charge is 0.396 e. The molecule has 0 fully saturated rings. The number of benzene rings is 1. The van der Waals surface area contributed by atoms with Gasteiger partial charge in [-0.3, -0.25) is 9.36 Å². The van der Waals surface area contributed by atoms with Crippen molar-refractivity contribution < 1.29 is 36.2 Å². The second-order valence-corrected chi connectivity index (χ2v) is 8.66. The molecule has 186 valence electrons. The number of nitrogens with one attached hydrogen (secondary N) is 1. The quantitative estimate of drug-likeness (QED) is 0.331. The van der Waals surface area contributed by atoms with Crippen LogP contribution >= 0.6 is 11.8 Å². The largest absolute Gasteiger partial charge is 0.416 e. The standard InChI is InChI=1S/C21H21F6N3O3S/c22-20(23,24)12-8-13(21(25,26)27)10-14(9-12)28-17(32)11-34-18-15-4-1-2-5-16(15)30(6-3-7-31)19(33)29-18/h8-10,31H,1-7,11H2,(H,28,32). The first-order chi connectivity index (χ1) is 15.9. The van der Waals surface area contributed by atoms with Crippen LogP contribution in [0.1, 0.15) is 41.6 Å². The van der Waals surface area contributed by atoms with Gasteiger partial charge in [0.1, 0.15) is 5.03 Å². The van der Waals surface area contributed by atoms with Crippen LogP contribution < -0.4 is 11.0 Å². The zero-order valence-electron chi connectivity index (χ0n) is 17.7. The summed E-state index contributed by atoms with van der Waals surface area (Å²) in [4.78, 5) is 28.8. The summed E-state index contributed by atoms with van der Waals surface area (Å²) in [6.45, 7) is 0.205. The molecule has 2 aromatic rings. The third-order valence-electron chi connectivity index (χ3n) is 5.20. The van der Waals surface area contributed by atoms with E-state index in [4.69, 9.17) is 5.11 Å². The molecule has 0 bridgehead atoms. The molecule has 1 aromatic carbocycles. The summed E-state index contributed by atoms with van der Waals surface area (Å²) >= 11 is 0.898. The van der Waals surface area contributed by atoms with Crippen molar-refractivity contribution in [2.24, 2.45) is 0 Å². The minimum Gasteiger partial charge on any atom is -0.396 e. The molecule has 6 nitrogen and oxygen atoms in total.